The molecule has 0 amide bonds. The van der Waals surface area contributed by atoms with Crippen molar-refractivity contribution in [3.63, 3.8) is 0 Å². The van der Waals surface area contributed by atoms with Crippen LogP contribution in [0.5, 0.6) is 0 Å². The number of ether oxygens (including phenoxy) is 1. The van der Waals surface area contributed by atoms with Gasteiger partial charge in [0.1, 0.15) is 17.5 Å². The Morgan fingerprint density at radius 3 is 2.38 bits per heavy atom. The molecule has 0 spiro atoms. The van der Waals surface area contributed by atoms with E-state index in [2.05, 4.69) is 4.98 Å². The Hall–Kier alpha value is -2.41. The van der Waals surface area contributed by atoms with Gasteiger partial charge in [-0.25, -0.2) is 22.9 Å². The second-order valence-corrected chi connectivity index (χ2v) is 4.22. The van der Waals surface area contributed by atoms with Crippen molar-refractivity contribution in [1.82, 2.24) is 4.98 Å². The van der Waals surface area contributed by atoms with Gasteiger partial charge in [0.2, 0.25) is 0 Å². The minimum Gasteiger partial charge on any atom is -0.476 e. The van der Waals surface area contributed by atoms with Crippen LogP contribution in [-0.2, 0) is 11.3 Å². The summed E-state index contributed by atoms with van der Waals surface area (Å²) in [5.74, 6) is -4.44. The minimum absolute atomic E-state index is 0.0126. The lowest BCUT2D eigenvalue weighted by Crippen LogP contribution is -2.06. The van der Waals surface area contributed by atoms with Crippen molar-refractivity contribution in [3.8, 4) is 11.1 Å². The average molecular weight is 297 g/mol. The largest absolute Gasteiger partial charge is 0.476 e. The first-order valence-corrected chi connectivity index (χ1v) is 5.80. The molecule has 0 bridgehead atoms. The smallest absolute Gasteiger partial charge is 0.355 e. The molecule has 0 aliphatic carbocycles. The van der Waals surface area contributed by atoms with Gasteiger partial charge in [-0.2, -0.15) is 0 Å². The molecule has 1 aromatic carbocycles. The molecule has 0 saturated carbocycles. The molecule has 0 aliphatic heterocycles. The molecule has 4 nitrogen and oxygen atoms in total. The van der Waals surface area contributed by atoms with Crippen LogP contribution in [0.1, 0.15) is 16.1 Å². The van der Waals surface area contributed by atoms with Gasteiger partial charge in [0, 0.05) is 12.7 Å². The molecule has 2 rings (SSSR count). The number of pyridine rings is 1. The minimum atomic E-state index is -1.51. The Morgan fingerprint density at radius 2 is 1.86 bits per heavy atom. The summed E-state index contributed by atoms with van der Waals surface area (Å²) in [5, 5.41) is 8.99. The van der Waals surface area contributed by atoms with E-state index in [-0.39, 0.29) is 12.2 Å². The highest BCUT2D eigenvalue weighted by molar-refractivity contribution is 5.94. The number of hydrogen-bond donors (Lipinski definition) is 1. The average Bonchev–Trinajstić information content (AvgIpc) is 2.38. The van der Waals surface area contributed by atoms with Crippen LogP contribution >= 0.6 is 0 Å². The molecule has 0 aliphatic rings. The van der Waals surface area contributed by atoms with Gasteiger partial charge < -0.3 is 9.84 Å². The van der Waals surface area contributed by atoms with Gasteiger partial charge in [-0.05, 0) is 23.8 Å². The van der Waals surface area contributed by atoms with Crippen LogP contribution in [0.25, 0.3) is 11.1 Å². The third-order valence-electron chi connectivity index (χ3n) is 2.74. The van der Waals surface area contributed by atoms with Gasteiger partial charge in [-0.3, -0.25) is 0 Å². The first-order valence-electron chi connectivity index (χ1n) is 5.80. The van der Waals surface area contributed by atoms with Crippen LogP contribution in [0.2, 0.25) is 0 Å². The Balaban J connectivity index is 2.67. The first kappa shape index (κ1) is 15.0. The molecule has 0 unspecified atom stereocenters. The first-order chi connectivity index (χ1) is 9.93. The summed E-state index contributed by atoms with van der Waals surface area (Å²) < 4.78 is 46.1. The summed E-state index contributed by atoms with van der Waals surface area (Å²) >= 11 is 0. The Kier molecular flexibility index (Phi) is 4.23. The number of nitrogens with zero attached hydrogens (tertiary/aromatic N) is 1. The highest BCUT2D eigenvalue weighted by Gasteiger charge is 2.21. The van der Waals surface area contributed by atoms with Gasteiger partial charge in [0.15, 0.2) is 5.69 Å². The molecule has 0 radical (unpaired) electrons. The zero-order valence-electron chi connectivity index (χ0n) is 10.9. The van der Waals surface area contributed by atoms with Crippen LogP contribution < -0.4 is 0 Å². The maximum Gasteiger partial charge on any atom is 0.355 e. The summed E-state index contributed by atoms with van der Waals surface area (Å²) in [4.78, 5) is 14.4. The van der Waals surface area contributed by atoms with Crippen LogP contribution in [0.15, 0.2) is 24.4 Å². The Labute approximate surface area is 117 Å². The number of carboxylic acids is 1. The maximum atomic E-state index is 14.1. The number of aromatic nitrogens is 1. The Bertz CT molecular complexity index is 681. The number of carboxylic acid groups (broad SMARTS) is 1. The number of benzene rings is 1. The third kappa shape index (κ3) is 3.03. The summed E-state index contributed by atoms with van der Waals surface area (Å²) in [6.07, 6.45) is 0.669. The summed E-state index contributed by atoms with van der Waals surface area (Å²) in [6, 6.07) is 2.73. The molecular formula is C14H10F3NO3. The van der Waals surface area contributed by atoms with E-state index in [1.54, 1.807) is 0 Å². The van der Waals surface area contributed by atoms with Crippen molar-refractivity contribution < 1.29 is 27.8 Å². The number of rotatable bonds is 4. The van der Waals surface area contributed by atoms with E-state index in [0.29, 0.717) is 6.20 Å². The van der Waals surface area contributed by atoms with Gasteiger partial charge in [-0.15, -0.1) is 0 Å². The summed E-state index contributed by atoms with van der Waals surface area (Å²) in [5.41, 5.74) is -1.49. The monoisotopic (exact) mass is 297 g/mol. The van der Waals surface area contributed by atoms with E-state index in [1.165, 1.54) is 7.11 Å². The normalized spacial score (nSPS) is 10.7. The standard InChI is InChI=1S/C14H10F3NO3/c1-21-6-7-2-10(16)12(11(17)3-7)9-4-8(15)5-18-13(9)14(19)20/h2-5H,6H2,1H3,(H,19,20). The van der Waals surface area contributed by atoms with Gasteiger partial charge >= 0.3 is 5.97 Å². The quantitative estimate of drug-likeness (QED) is 0.942. The van der Waals surface area contributed by atoms with E-state index >= 15 is 0 Å². The van der Waals surface area contributed by atoms with Crippen molar-refractivity contribution in [2.45, 2.75) is 6.61 Å². The second-order valence-electron chi connectivity index (χ2n) is 4.22. The number of aromatic carboxylic acids is 1. The van der Waals surface area contributed by atoms with Crippen molar-refractivity contribution >= 4 is 5.97 Å². The molecule has 1 aromatic heterocycles. The number of carbonyl (C=O) groups is 1. The lowest BCUT2D eigenvalue weighted by Gasteiger charge is -2.10. The molecule has 21 heavy (non-hydrogen) atoms. The zero-order valence-corrected chi connectivity index (χ0v) is 10.9. The predicted octanol–water partition coefficient (Wildman–Crippen LogP) is 3.01. The lowest BCUT2D eigenvalue weighted by atomic mass is 10.0. The molecule has 0 fully saturated rings. The Morgan fingerprint density at radius 1 is 1.24 bits per heavy atom. The fourth-order valence-corrected chi connectivity index (χ4v) is 1.93. The fraction of sp³-hybridized carbons (Fsp3) is 0.143. The van der Waals surface area contributed by atoms with Gasteiger partial charge in [0.25, 0.3) is 0 Å². The third-order valence-corrected chi connectivity index (χ3v) is 2.74. The van der Waals surface area contributed by atoms with E-state index in [4.69, 9.17) is 9.84 Å². The van der Waals surface area contributed by atoms with E-state index < -0.39 is 40.2 Å². The van der Waals surface area contributed by atoms with Crippen LogP contribution in [0.3, 0.4) is 0 Å². The maximum absolute atomic E-state index is 14.1. The predicted molar refractivity (Wildman–Crippen MR) is 67.2 cm³/mol. The lowest BCUT2D eigenvalue weighted by molar-refractivity contribution is 0.0691. The van der Waals surface area contributed by atoms with Crippen molar-refractivity contribution in [2.75, 3.05) is 7.11 Å². The van der Waals surface area contributed by atoms with E-state index in [9.17, 15) is 18.0 Å². The molecule has 0 atom stereocenters. The molecule has 110 valence electrons. The SMILES string of the molecule is COCc1cc(F)c(-c2cc(F)cnc2C(=O)O)c(F)c1. The van der Waals surface area contributed by atoms with Gasteiger partial charge in [0.05, 0.1) is 18.4 Å². The van der Waals surface area contributed by atoms with Crippen molar-refractivity contribution in [2.24, 2.45) is 0 Å². The van der Waals surface area contributed by atoms with E-state index in [0.717, 1.165) is 18.2 Å². The molecule has 0 saturated heterocycles. The van der Waals surface area contributed by atoms with Crippen LogP contribution in [-0.4, -0.2) is 23.2 Å². The number of methoxy groups -OCH3 is 1. The highest BCUT2D eigenvalue weighted by atomic mass is 19.1. The van der Waals surface area contributed by atoms with Gasteiger partial charge in [-0.1, -0.05) is 0 Å². The molecule has 1 N–H and O–H groups in total. The second kappa shape index (κ2) is 5.92. The fourth-order valence-electron chi connectivity index (χ4n) is 1.93. The number of hydrogen-bond acceptors (Lipinski definition) is 3. The topological polar surface area (TPSA) is 59.4 Å². The molecular weight excluding hydrogens is 287 g/mol. The highest BCUT2D eigenvalue weighted by Crippen LogP contribution is 2.30. The molecule has 2 aromatic rings. The van der Waals surface area contributed by atoms with Crippen LogP contribution in [0.4, 0.5) is 13.2 Å². The summed E-state index contributed by atoms with van der Waals surface area (Å²) in [7, 11) is 1.36. The van der Waals surface area contributed by atoms with Crippen LogP contribution in [0, 0.1) is 17.5 Å². The van der Waals surface area contributed by atoms with Crippen molar-refractivity contribution in [1.29, 1.82) is 0 Å². The van der Waals surface area contributed by atoms with E-state index in [1.807, 2.05) is 0 Å². The zero-order chi connectivity index (χ0) is 15.6. The summed E-state index contributed by atoms with van der Waals surface area (Å²) in [6.45, 7) is -0.0126. The van der Waals surface area contributed by atoms with Crippen molar-refractivity contribution in [3.05, 3.63) is 53.1 Å². The molecule has 1 heterocycles. The molecule has 7 heteroatoms. The number of halogens is 3.